The summed E-state index contributed by atoms with van der Waals surface area (Å²) in [6.45, 7) is 0.773. The highest BCUT2D eigenvalue weighted by Gasteiger charge is 2.30. The van der Waals surface area contributed by atoms with Gasteiger partial charge in [0.15, 0.2) is 11.5 Å². The van der Waals surface area contributed by atoms with Gasteiger partial charge >= 0.3 is 0 Å². The monoisotopic (exact) mass is 308 g/mol. The molecule has 3 aromatic rings. The third kappa shape index (κ3) is 2.30. The Kier molecular flexibility index (Phi) is 3.18. The van der Waals surface area contributed by atoms with Crippen LogP contribution in [0.25, 0.3) is 17.0 Å². The average molecular weight is 308 g/mol. The molecule has 4 rings (SSSR count). The van der Waals surface area contributed by atoms with Gasteiger partial charge in [-0.15, -0.1) is 15.3 Å². The van der Waals surface area contributed by atoms with Crippen LogP contribution in [0.4, 0.5) is 5.82 Å². The number of benzene rings is 1. The van der Waals surface area contributed by atoms with Crippen LogP contribution < -0.4 is 10.6 Å². The van der Waals surface area contributed by atoms with E-state index in [0.29, 0.717) is 11.5 Å². The molecule has 1 saturated heterocycles. The van der Waals surface area contributed by atoms with Crippen molar-refractivity contribution >= 4 is 17.4 Å². The highest BCUT2D eigenvalue weighted by molar-refractivity contribution is 5.84. The molecule has 1 amide bonds. The van der Waals surface area contributed by atoms with Crippen LogP contribution in [-0.4, -0.2) is 38.3 Å². The Morgan fingerprint density at radius 1 is 1.13 bits per heavy atom. The Labute approximate surface area is 132 Å². The van der Waals surface area contributed by atoms with Gasteiger partial charge in [-0.05, 0) is 25.0 Å². The minimum absolute atomic E-state index is 0.295. The van der Waals surface area contributed by atoms with Gasteiger partial charge < -0.3 is 10.6 Å². The van der Waals surface area contributed by atoms with E-state index in [1.54, 1.807) is 4.52 Å². The van der Waals surface area contributed by atoms with Gasteiger partial charge in [-0.3, -0.25) is 4.79 Å². The number of anilines is 1. The minimum atomic E-state index is -0.309. The van der Waals surface area contributed by atoms with Crippen molar-refractivity contribution in [1.82, 2.24) is 19.8 Å². The zero-order valence-corrected chi connectivity index (χ0v) is 12.5. The molecule has 1 aromatic carbocycles. The predicted molar refractivity (Wildman–Crippen MR) is 85.8 cm³/mol. The van der Waals surface area contributed by atoms with Crippen molar-refractivity contribution < 1.29 is 4.79 Å². The van der Waals surface area contributed by atoms with Gasteiger partial charge in [-0.2, -0.15) is 4.52 Å². The van der Waals surface area contributed by atoms with Gasteiger partial charge in [-0.25, -0.2) is 0 Å². The number of hydrogen-bond donors (Lipinski definition) is 1. The van der Waals surface area contributed by atoms with Gasteiger partial charge in [0.25, 0.3) is 0 Å². The third-order valence-corrected chi connectivity index (χ3v) is 4.16. The second kappa shape index (κ2) is 5.35. The molecule has 0 aliphatic carbocycles. The van der Waals surface area contributed by atoms with E-state index in [2.05, 4.69) is 15.3 Å². The zero-order valence-electron chi connectivity index (χ0n) is 12.5. The average Bonchev–Trinajstić information content (AvgIpc) is 3.22. The van der Waals surface area contributed by atoms with E-state index in [1.807, 2.05) is 47.4 Å². The van der Waals surface area contributed by atoms with E-state index in [4.69, 9.17) is 5.73 Å². The third-order valence-electron chi connectivity index (χ3n) is 4.16. The lowest BCUT2D eigenvalue weighted by molar-refractivity contribution is -0.119. The molecule has 1 fully saturated rings. The van der Waals surface area contributed by atoms with Crippen LogP contribution in [0.1, 0.15) is 12.8 Å². The number of aromatic nitrogens is 4. The van der Waals surface area contributed by atoms with Gasteiger partial charge in [0.05, 0.1) is 0 Å². The van der Waals surface area contributed by atoms with Crippen molar-refractivity contribution in [1.29, 1.82) is 0 Å². The molecule has 0 spiro atoms. The Morgan fingerprint density at radius 3 is 2.74 bits per heavy atom. The maximum atomic E-state index is 11.6. The number of fused-ring (bicyclic) bond motifs is 1. The summed E-state index contributed by atoms with van der Waals surface area (Å²) < 4.78 is 1.71. The summed E-state index contributed by atoms with van der Waals surface area (Å²) in [5.41, 5.74) is 7.11. The minimum Gasteiger partial charge on any atom is -0.368 e. The standard InChI is InChI=1S/C16H16N6O/c17-15(23)12-7-4-10-21(12)14-9-8-13-18-19-16(22(13)20-14)11-5-2-1-3-6-11/h1-3,5-6,8-9,12H,4,7,10H2,(H2,17,23). The molecule has 2 N–H and O–H groups in total. The van der Waals surface area contributed by atoms with E-state index in [9.17, 15) is 4.79 Å². The Morgan fingerprint density at radius 2 is 1.96 bits per heavy atom. The fraction of sp³-hybridized carbons (Fsp3) is 0.250. The van der Waals surface area contributed by atoms with Gasteiger partial charge in [0.2, 0.25) is 5.91 Å². The van der Waals surface area contributed by atoms with Crippen molar-refractivity contribution in [2.24, 2.45) is 5.73 Å². The van der Waals surface area contributed by atoms with E-state index >= 15 is 0 Å². The second-order valence-electron chi connectivity index (χ2n) is 5.60. The maximum Gasteiger partial charge on any atom is 0.240 e. The molecular weight excluding hydrogens is 292 g/mol. The molecule has 1 aliphatic rings. The SMILES string of the molecule is NC(=O)C1CCCN1c1ccc2nnc(-c3ccccc3)n2n1. The summed E-state index contributed by atoms with van der Waals surface area (Å²) in [6.07, 6.45) is 1.70. The van der Waals surface area contributed by atoms with E-state index < -0.39 is 0 Å². The number of hydrogen-bond acceptors (Lipinski definition) is 5. The topological polar surface area (TPSA) is 89.4 Å². The largest absolute Gasteiger partial charge is 0.368 e. The number of nitrogens with two attached hydrogens (primary N) is 1. The summed E-state index contributed by atoms with van der Waals surface area (Å²) in [5, 5.41) is 13.0. The Bertz CT molecular complexity index is 859. The molecule has 0 radical (unpaired) electrons. The highest BCUT2D eigenvalue weighted by atomic mass is 16.1. The molecular formula is C16H16N6O. The normalized spacial score (nSPS) is 17.7. The van der Waals surface area contributed by atoms with Crippen molar-refractivity contribution in [2.45, 2.75) is 18.9 Å². The van der Waals surface area contributed by atoms with Crippen LogP contribution in [0.2, 0.25) is 0 Å². The molecule has 1 aliphatic heterocycles. The number of nitrogens with zero attached hydrogens (tertiary/aromatic N) is 5. The first-order valence-electron chi connectivity index (χ1n) is 7.58. The lowest BCUT2D eigenvalue weighted by Crippen LogP contribution is -2.40. The van der Waals surface area contributed by atoms with Crippen LogP contribution in [0.15, 0.2) is 42.5 Å². The number of primary amides is 1. The number of carbonyl (C=O) groups excluding carboxylic acids is 1. The van der Waals surface area contributed by atoms with E-state index in [1.165, 1.54) is 0 Å². The Hall–Kier alpha value is -2.96. The summed E-state index contributed by atoms with van der Waals surface area (Å²) in [4.78, 5) is 13.6. The van der Waals surface area contributed by atoms with Crippen molar-refractivity contribution in [3.63, 3.8) is 0 Å². The quantitative estimate of drug-likeness (QED) is 0.786. The molecule has 0 bridgehead atoms. The highest BCUT2D eigenvalue weighted by Crippen LogP contribution is 2.25. The molecule has 7 nitrogen and oxygen atoms in total. The molecule has 3 heterocycles. The summed E-state index contributed by atoms with van der Waals surface area (Å²) >= 11 is 0. The van der Waals surface area contributed by atoms with Crippen LogP contribution >= 0.6 is 0 Å². The number of carbonyl (C=O) groups is 1. The van der Waals surface area contributed by atoms with Gasteiger partial charge in [0, 0.05) is 12.1 Å². The number of amides is 1. The van der Waals surface area contributed by atoms with Crippen LogP contribution in [0.5, 0.6) is 0 Å². The summed E-state index contributed by atoms with van der Waals surface area (Å²) in [6, 6.07) is 13.2. The molecule has 2 aromatic heterocycles. The molecule has 1 unspecified atom stereocenters. The fourth-order valence-electron chi connectivity index (χ4n) is 3.04. The molecule has 116 valence electrons. The maximum absolute atomic E-state index is 11.6. The Balaban J connectivity index is 1.80. The molecule has 7 heteroatoms. The first-order valence-corrected chi connectivity index (χ1v) is 7.58. The number of rotatable bonds is 3. The first kappa shape index (κ1) is 13.7. The van der Waals surface area contributed by atoms with E-state index in [0.717, 1.165) is 30.8 Å². The molecule has 0 saturated carbocycles. The molecule has 1 atom stereocenters. The van der Waals surface area contributed by atoms with Crippen LogP contribution in [0.3, 0.4) is 0 Å². The first-order chi connectivity index (χ1) is 11.2. The van der Waals surface area contributed by atoms with Crippen molar-refractivity contribution in [2.75, 3.05) is 11.4 Å². The van der Waals surface area contributed by atoms with E-state index in [-0.39, 0.29) is 11.9 Å². The van der Waals surface area contributed by atoms with Crippen LogP contribution in [-0.2, 0) is 4.79 Å². The fourth-order valence-corrected chi connectivity index (χ4v) is 3.04. The van der Waals surface area contributed by atoms with Crippen molar-refractivity contribution in [3.05, 3.63) is 42.5 Å². The van der Waals surface area contributed by atoms with Crippen molar-refractivity contribution in [3.8, 4) is 11.4 Å². The molecule has 23 heavy (non-hydrogen) atoms. The van der Waals surface area contributed by atoms with Crippen LogP contribution in [0, 0.1) is 0 Å². The van der Waals surface area contributed by atoms with Gasteiger partial charge in [-0.1, -0.05) is 30.3 Å². The lowest BCUT2D eigenvalue weighted by Gasteiger charge is -2.22. The summed E-state index contributed by atoms with van der Waals surface area (Å²) in [5.74, 6) is 1.09. The van der Waals surface area contributed by atoms with Gasteiger partial charge in [0.1, 0.15) is 11.9 Å². The lowest BCUT2D eigenvalue weighted by atomic mass is 10.2. The predicted octanol–water partition coefficient (Wildman–Crippen LogP) is 1.25. The smallest absolute Gasteiger partial charge is 0.240 e. The zero-order chi connectivity index (χ0) is 15.8. The second-order valence-corrected chi connectivity index (χ2v) is 5.60. The summed E-state index contributed by atoms with van der Waals surface area (Å²) in [7, 11) is 0.